The Morgan fingerprint density at radius 2 is 2.33 bits per heavy atom. The second-order valence-electron chi connectivity index (χ2n) is 4.17. The van der Waals surface area contributed by atoms with E-state index in [1.54, 1.807) is 0 Å². The van der Waals surface area contributed by atoms with Crippen LogP contribution in [0.2, 0.25) is 0 Å². The Hall–Kier alpha value is -0.610. The van der Waals surface area contributed by atoms with Gasteiger partial charge in [-0.3, -0.25) is 9.69 Å². The van der Waals surface area contributed by atoms with Crippen molar-refractivity contribution in [3.05, 3.63) is 0 Å². The summed E-state index contributed by atoms with van der Waals surface area (Å²) in [6.07, 6.45) is 4.91. The number of hydrogen-bond donors (Lipinski definition) is 2. The molecule has 1 rings (SSSR count). The SMILES string of the molecule is CCC1CCCCN1CC(=O)NCCN. The molecule has 0 spiro atoms. The summed E-state index contributed by atoms with van der Waals surface area (Å²) in [5.41, 5.74) is 5.34. The standard InChI is InChI=1S/C11H23N3O/c1-2-10-5-3-4-8-14(10)9-11(15)13-7-6-12/h10H,2-9,12H2,1H3,(H,13,15). The Balaban J connectivity index is 2.30. The molecule has 1 amide bonds. The van der Waals surface area contributed by atoms with E-state index < -0.39 is 0 Å². The molecule has 1 saturated heterocycles. The summed E-state index contributed by atoms with van der Waals surface area (Å²) in [7, 11) is 0. The summed E-state index contributed by atoms with van der Waals surface area (Å²) >= 11 is 0. The normalized spacial score (nSPS) is 22.7. The zero-order chi connectivity index (χ0) is 11.1. The van der Waals surface area contributed by atoms with Crippen LogP contribution in [0.25, 0.3) is 0 Å². The minimum atomic E-state index is 0.112. The van der Waals surface area contributed by atoms with Gasteiger partial charge < -0.3 is 11.1 Å². The minimum absolute atomic E-state index is 0.112. The van der Waals surface area contributed by atoms with Gasteiger partial charge >= 0.3 is 0 Å². The summed E-state index contributed by atoms with van der Waals surface area (Å²) in [4.78, 5) is 13.8. The number of carbonyl (C=O) groups is 1. The maximum atomic E-state index is 11.5. The molecule has 1 unspecified atom stereocenters. The average Bonchev–Trinajstić information content (AvgIpc) is 2.27. The molecular formula is C11H23N3O. The molecule has 1 heterocycles. The third-order valence-electron chi connectivity index (χ3n) is 3.03. The van der Waals surface area contributed by atoms with Gasteiger partial charge in [0, 0.05) is 19.1 Å². The first-order chi connectivity index (χ1) is 7.27. The topological polar surface area (TPSA) is 58.4 Å². The first kappa shape index (κ1) is 12.5. The fraction of sp³-hybridized carbons (Fsp3) is 0.909. The van der Waals surface area contributed by atoms with Crippen molar-refractivity contribution in [3.63, 3.8) is 0 Å². The maximum Gasteiger partial charge on any atom is 0.234 e. The molecule has 1 aliphatic heterocycles. The highest BCUT2D eigenvalue weighted by Gasteiger charge is 2.22. The molecule has 0 aliphatic carbocycles. The number of likely N-dealkylation sites (tertiary alicyclic amines) is 1. The van der Waals surface area contributed by atoms with Crippen LogP contribution in [0.15, 0.2) is 0 Å². The van der Waals surface area contributed by atoms with Crippen LogP contribution in [0.5, 0.6) is 0 Å². The zero-order valence-electron chi connectivity index (χ0n) is 9.67. The van der Waals surface area contributed by atoms with Crippen molar-refractivity contribution in [1.82, 2.24) is 10.2 Å². The van der Waals surface area contributed by atoms with Gasteiger partial charge in [-0.05, 0) is 25.8 Å². The van der Waals surface area contributed by atoms with Crippen LogP contribution in [0, 0.1) is 0 Å². The lowest BCUT2D eigenvalue weighted by atomic mass is 10.0. The highest BCUT2D eigenvalue weighted by atomic mass is 16.2. The van der Waals surface area contributed by atoms with Crippen LogP contribution in [0.4, 0.5) is 0 Å². The third kappa shape index (κ3) is 4.18. The van der Waals surface area contributed by atoms with Gasteiger partial charge in [-0.15, -0.1) is 0 Å². The lowest BCUT2D eigenvalue weighted by Crippen LogP contribution is -2.46. The van der Waals surface area contributed by atoms with Crippen molar-refractivity contribution in [3.8, 4) is 0 Å². The van der Waals surface area contributed by atoms with E-state index in [0.717, 1.165) is 13.0 Å². The monoisotopic (exact) mass is 213 g/mol. The van der Waals surface area contributed by atoms with E-state index in [2.05, 4.69) is 17.1 Å². The van der Waals surface area contributed by atoms with Crippen LogP contribution in [-0.4, -0.2) is 43.0 Å². The Labute approximate surface area is 92.2 Å². The molecule has 88 valence electrons. The number of nitrogens with zero attached hydrogens (tertiary/aromatic N) is 1. The molecule has 0 aromatic carbocycles. The molecular weight excluding hydrogens is 190 g/mol. The average molecular weight is 213 g/mol. The van der Waals surface area contributed by atoms with Crippen LogP contribution in [0.3, 0.4) is 0 Å². The molecule has 15 heavy (non-hydrogen) atoms. The van der Waals surface area contributed by atoms with Crippen LogP contribution in [-0.2, 0) is 4.79 Å². The number of hydrogen-bond acceptors (Lipinski definition) is 3. The number of nitrogens with two attached hydrogens (primary N) is 1. The van der Waals surface area contributed by atoms with Gasteiger partial charge in [0.2, 0.25) is 5.91 Å². The summed E-state index contributed by atoms with van der Waals surface area (Å²) < 4.78 is 0. The van der Waals surface area contributed by atoms with Gasteiger partial charge in [-0.2, -0.15) is 0 Å². The molecule has 0 aromatic rings. The van der Waals surface area contributed by atoms with E-state index in [4.69, 9.17) is 5.73 Å². The van der Waals surface area contributed by atoms with E-state index in [0.29, 0.717) is 25.7 Å². The summed E-state index contributed by atoms with van der Waals surface area (Å²) in [6.45, 7) is 4.90. The number of carbonyl (C=O) groups excluding carboxylic acids is 1. The molecule has 4 heteroatoms. The molecule has 0 saturated carbocycles. The number of rotatable bonds is 5. The third-order valence-corrected chi connectivity index (χ3v) is 3.03. The van der Waals surface area contributed by atoms with E-state index in [-0.39, 0.29) is 5.91 Å². The first-order valence-corrected chi connectivity index (χ1v) is 5.98. The highest BCUT2D eigenvalue weighted by Crippen LogP contribution is 2.18. The summed E-state index contributed by atoms with van der Waals surface area (Å²) in [6, 6.07) is 0.599. The number of piperidine rings is 1. The molecule has 1 aliphatic rings. The fourth-order valence-corrected chi connectivity index (χ4v) is 2.18. The predicted octanol–water partition coefficient (Wildman–Crippen LogP) is 0.326. The molecule has 0 aromatic heterocycles. The second kappa shape index (κ2) is 6.80. The second-order valence-corrected chi connectivity index (χ2v) is 4.17. The molecule has 1 atom stereocenters. The highest BCUT2D eigenvalue weighted by molar-refractivity contribution is 5.78. The lowest BCUT2D eigenvalue weighted by Gasteiger charge is -2.34. The van der Waals surface area contributed by atoms with Gasteiger partial charge in [-0.1, -0.05) is 13.3 Å². The van der Waals surface area contributed by atoms with Crippen molar-refractivity contribution >= 4 is 5.91 Å². The van der Waals surface area contributed by atoms with Crippen LogP contribution < -0.4 is 11.1 Å². The number of amides is 1. The van der Waals surface area contributed by atoms with Gasteiger partial charge in [0.1, 0.15) is 0 Å². The molecule has 3 N–H and O–H groups in total. The smallest absolute Gasteiger partial charge is 0.234 e. The molecule has 4 nitrogen and oxygen atoms in total. The molecule has 0 bridgehead atoms. The number of nitrogens with one attached hydrogen (secondary N) is 1. The molecule has 1 fully saturated rings. The first-order valence-electron chi connectivity index (χ1n) is 5.98. The Morgan fingerprint density at radius 1 is 1.53 bits per heavy atom. The zero-order valence-corrected chi connectivity index (χ0v) is 9.67. The van der Waals surface area contributed by atoms with Crippen molar-refractivity contribution in [2.24, 2.45) is 5.73 Å². The van der Waals surface area contributed by atoms with Gasteiger partial charge in [0.05, 0.1) is 6.54 Å². The van der Waals surface area contributed by atoms with Crippen molar-refractivity contribution in [2.75, 3.05) is 26.2 Å². The van der Waals surface area contributed by atoms with Crippen LogP contribution >= 0.6 is 0 Å². The predicted molar refractivity (Wildman–Crippen MR) is 61.6 cm³/mol. The van der Waals surface area contributed by atoms with E-state index in [9.17, 15) is 4.79 Å². The van der Waals surface area contributed by atoms with Crippen LogP contribution in [0.1, 0.15) is 32.6 Å². The largest absolute Gasteiger partial charge is 0.354 e. The maximum absolute atomic E-state index is 11.5. The van der Waals surface area contributed by atoms with E-state index in [1.807, 2.05) is 0 Å². The Kier molecular flexibility index (Phi) is 5.65. The van der Waals surface area contributed by atoms with E-state index in [1.165, 1.54) is 19.3 Å². The van der Waals surface area contributed by atoms with Gasteiger partial charge in [0.25, 0.3) is 0 Å². The minimum Gasteiger partial charge on any atom is -0.354 e. The van der Waals surface area contributed by atoms with Crippen molar-refractivity contribution in [2.45, 2.75) is 38.6 Å². The lowest BCUT2D eigenvalue weighted by molar-refractivity contribution is -0.123. The van der Waals surface area contributed by atoms with Gasteiger partial charge in [0.15, 0.2) is 0 Å². The molecule has 0 radical (unpaired) electrons. The van der Waals surface area contributed by atoms with Crippen molar-refractivity contribution in [1.29, 1.82) is 0 Å². The quantitative estimate of drug-likeness (QED) is 0.692. The van der Waals surface area contributed by atoms with E-state index >= 15 is 0 Å². The summed E-state index contributed by atoms with van der Waals surface area (Å²) in [5.74, 6) is 0.112. The van der Waals surface area contributed by atoms with Crippen molar-refractivity contribution < 1.29 is 4.79 Å². The Morgan fingerprint density at radius 3 is 3.00 bits per heavy atom. The Bertz CT molecular complexity index is 196. The fourth-order valence-electron chi connectivity index (χ4n) is 2.18. The summed E-state index contributed by atoms with van der Waals surface area (Å²) in [5, 5.41) is 2.82. The van der Waals surface area contributed by atoms with Gasteiger partial charge in [-0.25, -0.2) is 0 Å².